The second-order valence-electron chi connectivity index (χ2n) is 5.02. The van der Waals surface area contributed by atoms with Crippen molar-refractivity contribution in [1.29, 1.82) is 0 Å². The second-order valence-corrected chi connectivity index (χ2v) is 6.00. The van der Waals surface area contributed by atoms with Crippen LogP contribution in [0.3, 0.4) is 0 Å². The lowest BCUT2D eigenvalue weighted by Gasteiger charge is -2.29. The van der Waals surface area contributed by atoms with Gasteiger partial charge in [-0.25, -0.2) is 0 Å². The summed E-state index contributed by atoms with van der Waals surface area (Å²) in [5.74, 6) is 1.32. The maximum absolute atomic E-state index is 12.4. The van der Waals surface area contributed by atoms with Gasteiger partial charge in [-0.1, -0.05) is 13.3 Å². The van der Waals surface area contributed by atoms with Crippen molar-refractivity contribution in [3.05, 3.63) is 0 Å². The highest BCUT2D eigenvalue weighted by Gasteiger charge is 2.40. The van der Waals surface area contributed by atoms with Crippen LogP contribution in [-0.2, 0) is 4.79 Å². The Bertz CT molecular complexity index is 240. The van der Waals surface area contributed by atoms with Gasteiger partial charge in [-0.3, -0.25) is 4.79 Å². The normalized spacial score (nSPS) is 25.8. The molecule has 1 rings (SSSR count). The maximum Gasteiger partial charge on any atom is 0.240 e. The minimum Gasteiger partial charge on any atom is -0.352 e. The Labute approximate surface area is 109 Å². The average molecular weight is 258 g/mol. The summed E-state index contributed by atoms with van der Waals surface area (Å²) in [6.45, 7) is 5.22. The molecule has 1 fully saturated rings. The number of carbonyl (C=O) groups excluding carboxylic acids is 1. The van der Waals surface area contributed by atoms with Crippen LogP contribution in [0.5, 0.6) is 0 Å². The topological polar surface area (TPSA) is 41.1 Å². The number of rotatable bonds is 7. The Kier molecular flexibility index (Phi) is 6.34. The molecule has 3 nitrogen and oxygen atoms in total. The van der Waals surface area contributed by atoms with Crippen LogP contribution in [0.4, 0.5) is 0 Å². The van der Waals surface area contributed by atoms with Crippen molar-refractivity contribution in [2.24, 2.45) is 0 Å². The lowest BCUT2D eigenvalue weighted by molar-refractivity contribution is -0.128. The molecular formula is C13H26N2OS. The minimum atomic E-state index is -0.275. The molecule has 0 radical (unpaired) electrons. The first kappa shape index (κ1) is 14.8. The van der Waals surface area contributed by atoms with Gasteiger partial charge in [-0.2, -0.15) is 11.8 Å². The van der Waals surface area contributed by atoms with Crippen molar-refractivity contribution in [1.82, 2.24) is 10.6 Å². The Morgan fingerprint density at radius 3 is 2.88 bits per heavy atom. The molecule has 17 heavy (non-hydrogen) atoms. The van der Waals surface area contributed by atoms with Gasteiger partial charge in [0.2, 0.25) is 5.91 Å². The van der Waals surface area contributed by atoms with Crippen molar-refractivity contribution in [2.75, 3.05) is 18.6 Å². The zero-order chi connectivity index (χ0) is 12.7. The van der Waals surface area contributed by atoms with Crippen molar-refractivity contribution in [3.8, 4) is 0 Å². The number of hydrogen-bond acceptors (Lipinski definition) is 3. The Morgan fingerprint density at radius 2 is 2.35 bits per heavy atom. The molecule has 0 spiro atoms. The third-order valence-electron chi connectivity index (χ3n) is 3.49. The van der Waals surface area contributed by atoms with Crippen LogP contribution in [0, 0.1) is 0 Å². The van der Waals surface area contributed by atoms with Gasteiger partial charge < -0.3 is 10.6 Å². The number of nitrogens with one attached hydrogen (secondary N) is 2. The predicted molar refractivity (Wildman–Crippen MR) is 75.5 cm³/mol. The van der Waals surface area contributed by atoms with Gasteiger partial charge in [0.05, 0.1) is 5.54 Å². The molecule has 1 aliphatic heterocycles. The maximum atomic E-state index is 12.4. The molecule has 1 aliphatic rings. The summed E-state index contributed by atoms with van der Waals surface area (Å²) in [4.78, 5) is 12.4. The molecule has 1 saturated heterocycles. The van der Waals surface area contributed by atoms with Crippen LogP contribution in [0.25, 0.3) is 0 Å². The molecule has 0 saturated carbocycles. The molecule has 1 amide bonds. The Hall–Kier alpha value is -0.220. The molecule has 1 heterocycles. The van der Waals surface area contributed by atoms with E-state index in [1.165, 1.54) is 0 Å². The lowest BCUT2D eigenvalue weighted by atomic mass is 9.90. The molecule has 2 unspecified atom stereocenters. The Morgan fingerprint density at radius 1 is 1.59 bits per heavy atom. The summed E-state index contributed by atoms with van der Waals surface area (Å²) in [5, 5.41) is 6.58. The van der Waals surface area contributed by atoms with Gasteiger partial charge in [0.15, 0.2) is 0 Å². The zero-order valence-corrected chi connectivity index (χ0v) is 12.2. The van der Waals surface area contributed by atoms with Crippen LogP contribution in [-0.4, -0.2) is 36.0 Å². The number of amides is 1. The van der Waals surface area contributed by atoms with Crippen LogP contribution in [0.15, 0.2) is 0 Å². The van der Waals surface area contributed by atoms with Crippen molar-refractivity contribution >= 4 is 17.7 Å². The molecule has 0 aromatic carbocycles. The SMILES string of the molecule is CCCC1(C(=O)NC(C)CCSC)CCCN1. The molecule has 2 atom stereocenters. The number of hydrogen-bond donors (Lipinski definition) is 2. The fourth-order valence-electron chi connectivity index (χ4n) is 2.48. The summed E-state index contributed by atoms with van der Waals surface area (Å²) in [6.07, 6.45) is 7.27. The number of carbonyl (C=O) groups is 1. The standard InChI is InChI=1S/C13H26N2OS/c1-4-7-13(8-5-9-14-13)12(16)15-11(2)6-10-17-3/h11,14H,4-10H2,1-3H3,(H,15,16). The summed E-state index contributed by atoms with van der Waals surface area (Å²) in [7, 11) is 0. The van der Waals surface area contributed by atoms with E-state index in [1.807, 2.05) is 11.8 Å². The van der Waals surface area contributed by atoms with Crippen LogP contribution < -0.4 is 10.6 Å². The van der Waals surface area contributed by atoms with Crippen molar-refractivity contribution in [3.63, 3.8) is 0 Å². The van der Waals surface area contributed by atoms with E-state index in [1.54, 1.807) is 0 Å². The van der Waals surface area contributed by atoms with Gasteiger partial charge in [0.1, 0.15) is 0 Å². The first-order valence-electron chi connectivity index (χ1n) is 6.69. The van der Waals surface area contributed by atoms with Crippen LogP contribution in [0.1, 0.15) is 46.0 Å². The molecule has 0 bridgehead atoms. The smallest absolute Gasteiger partial charge is 0.240 e. The first-order valence-corrected chi connectivity index (χ1v) is 8.09. The van der Waals surface area contributed by atoms with Crippen LogP contribution in [0.2, 0.25) is 0 Å². The molecule has 0 aromatic rings. The van der Waals surface area contributed by atoms with Gasteiger partial charge in [-0.05, 0) is 51.2 Å². The third-order valence-corrected chi connectivity index (χ3v) is 4.13. The summed E-state index contributed by atoms with van der Waals surface area (Å²) in [6, 6.07) is 0.283. The second kappa shape index (κ2) is 7.27. The average Bonchev–Trinajstić information content (AvgIpc) is 2.76. The zero-order valence-electron chi connectivity index (χ0n) is 11.3. The molecule has 4 heteroatoms. The lowest BCUT2D eigenvalue weighted by Crippen LogP contribution is -2.55. The Balaban J connectivity index is 2.48. The molecule has 0 aliphatic carbocycles. The van der Waals surface area contributed by atoms with E-state index >= 15 is 0 Å². The van der Waals surface area contributed by atoms with E-state index in [0.717, 1.165) is 44.4 Å². The quantitative estimate of drug-likeness (QED) is 0.735. The molecular weight excluding hydrogens is 232 g/mol. The highest BCUT2D eigenvalue weighted by atomic mass is 32.2. The summed E-state index contributed by atoms with van der Waals surface area (Å²) < 4.78 is 0. The fraction of sp³-hybridized carbons (Fsp3) is 0.923. The summed E-state index contributed by atoms with van der Waals surface area (Å²) >= 11 is 1.83. The summed E-state index contributed by atoms with van der Waals surface area (Å²) in [5.41, 5.74) is -0.275. The van der Waals surface area contributed by atoms with E-state index < -0.39 is 0 Å². The largest absolute Gasteiger partial charge is 0.352 e. The highest BCUT2D eigenvalue weighted by Crippen LogP contribution is 2.25. The highest BCUT2D eigenvalue weighted by molar-refractivity contribution is 7.98. The van der Waals surface area contributed by atoms with E-state index in [4.69, 9.17) is 0 Å². The van der Waals surface area contributed by atoms with E-state index in [2.05, 4.69) is 30.7 Å². The van der Waals surface area contributed by atoms with Gasteiger partial charge >= 0.3 is 0 Å². The van der Waals surface area contributed by atoms with Crippen molar-refractivity contribution < 1.29 is 4.79 Å². The van der Waals surface area contributed by atoms with Gasteiger partial charge in [-0.15, -0.1) is 0 Å². The number of thioether (sulfide) groups is 1. The van der Waals surface area contributed by atoms with Gasteiger partial charge in [0, 0.05) is 6.04 Å². The first-order chi connectivity index (χ1) is 8.14. The van der Waals surface area contributed by atoms with Gasteiger partial charge in [0.25, 0.3) is 0 Å². The fourth-order valence-corrected chi connectivity index (χ4v) is 3.07. The molecule has 2 N–H and O–H groups in total. The third kappa shape index (κ3) is 4.18. The molecule has 100 valence electrons. The van der Waals surface area contributed by atoms with E-state index in [9.17, 15) is 4.79 Å². The van der Waals surface area contributed by atoms with Crippen molar-refractivity contribution in [2.45, 2.75) is 57.5 Å². The van der Waals surface area contributed by atoms with E-state index in [0.29, 0.717) is 0 Å². The van der Waals surface area contributed by atoms with E-state index in [-0.39, 0.29) is 17.5 Å². The minimum absolute atomic E-state index is 0.213. The van der Waals surface area contributed by atoms with Crippen LogP contribution >= 0.6 is 11.8 Å². The monoisotopic (exact) mass is 258 g/mol. The molecule has 0 aromatic heterocycles. The predicted octanol–water partition coefficient (Wildman–Crippen LogP) is 2.17.